The first-order valence-electron chi connectivity index (χ1n) is 12.4. The van der Waals surface area contributed by atoms with Gasteiger partial charge in [-0.2, -0.15) is 0 Å². The highest BCUT2D eigenvalue weighted by Crippen LogP contribution is 2.44. The molecule has 6 nitrogen and oxygen atoms in total. The van der Waals surface area contributed by atoms with Gasteiger partial charge in [-0.1, -0.05) is 106 Å². The molecule has 0 spiro atoms. The molecule has 0 unspecified atom stereocenters. The Kier molecular flexibility index (Phi) is 8.59. The van der Waals surface area contributed by atoms with Gasteiger partial charge in [-0.25, -0.2) is 0 Å². The van der Waals surface area contributed by atoms with Crippen LogP contribution in [0.25, 0.3) is 5.57 Å². The molecule has 1 N–H and O–H groups in total. The maximum Gasteiger partial charge on any atom is 0.267 e. The summed E-state index contributed by atoms with van der Waals surface area (Å²) in [7, 11) is 0. The van der Waals surface area contributed by atoms with Gasteiger partial charge in [0.05, 0.1) is 16.2 Å². The number of unbranched alkanes of at least 4 members (excludes halogenated alkanes) is 1. The normalized spacial score (nSPS) is 18.1. The van der Waals surface area contributed by atoms with E-state index in [4.69, 9.17) is 12.2 Å². The lowest BCUT2D eigenvalue weighted by molar-refractivity contribution is -0.123. The molecule has 36 heavy (non-hydrogen) atoms. The summed E-state index contributed by atoms with van der Waals surface area (Å²) in [6.45, 7) is 5.12. The summed E-state index contributed by atoms with van der Waals surface area (Å²) in [5.41, 5.74) is 2.61. The molecule has 4 rings (SSSR count). The van der Waals surface area contributed by atoms with Crippen molar-refractivity contribution in [2.24, 2.45) is 5.92 Å². The molecule has 1 fully saturated rings. The van der Waals surface area contributed by atoms with E-state index in [1.807, 2.05) is 54.6 Å². The molecule has 188 valence electrons. The largest absolute Gasteiger partial charge is 0.350 e. The minimum Gasteiger partial charge on any atom is -0.350 e. The molecule has 1 saturated heterocycles. The number of rotatable bonds is 10. The molecule has 0 radical (unpaired) electrons. The Morgan fingerprint density at radius 1 is 1.00 bits per heavy atom. The lowest BCUT2D eigenvalue weighted by atomic mass is 9.98. The van der Waals surface area contributed by atoms with Gasteiger partial charge in [-0.3, -0.25) is 24.2 Å². The fourth-order valence-electron chi connectivity index (χ4n) is 4.53. The van der Waals surface area contributed by atoms with E-state index in [2.05, 4.69) is 19.2 Å². The quantitative estimate of drug-likeness (QED) is 0.346. The van der Waals surface area contributed by atoms with Gasteiger partial charge in [0.25, 0.3) is 11.8 Å². The van der Waals surface area contributed by atoms with Crippen molar-refractivity contribution in [3.05, 3.63) is 70.6 Å². The van der Waals surface area contributed by atoms with E-state index in [-0.39, 0.29) is 24.3 Å². The summed E-state index contributed by atoms with van der Waals surface area (Å²) in [5.74, 6) is -0.455. The predicted molar refractivity (Wildman–Crippen MR) is 149 cm³/mol. The number of hydrogen-bond donors (Lipinski definition) is 1. The SMILES string of the molecule is CCCC[C@H](CC)CN1C(=O)/C(=C2/C(=O)N(CC(=O)NCc3ccccc3)c3ccccc32)SC1=S. The first-order chi connectivity index (χ1) is 17.4. The minimum atomic E-state index is -0.343. The lowest BCUT2D eigenvalue weighted by Gasteiger charge is -2.21. The van der Waals surface area contributed by atoms with E-state index >= 15 is 0 Å². The third kappa shape index (κ3) is 5.55. The number of fused-ring (bicyclic) bond motifs is 1. The van der Waals surface area contributed by atoms with Crippen LogP contribution in [0.1, 0.15) is 50.7 Å². The number of hydrogen-bond acceptors (Lipinski definition) is 5. The summed E-state index contributed by atoms with van der Waals surface area (Å²) in [6.07, 6.45) is 4.24. The van der Waals surface area contributed by atoms with Crippen LogP contribution in [0.5, 0.6) is 0 Å². The van der Waals surface area contributed by atoms with Gasteiger partial charge >= 0.3 is 0 Å². The zero-order valence-corrected chi connectivity index (χ0v) is 22.3. The Morgan fingerprint density at radius 3 is 2.44 bits per heavy atom. The van der Waals surface area contributed by atoms with Crippen molar-refractivity contribution in [1.29, 1.82) is 0 Å². The second kappa shape index (κ2) is 11.8. The van der Waals surface area contributed by atoms with Crippen molar-refractivity contribution in [3.63, 3.8) is 0 Å². The third-order valence-corrected chi connectivity index (χ3v) is 8.07. The fourth-order valence-corrected chi connectivity index (χ4v) is 5.88. The van der Waals surface area contributed by atoms with Crippen molar-refractivity contribution in [2.45, 2.75) is 46.1 Å². The maximum absolute atomic E-state index is 13.6. The molecule has 0 aromatic heterocycles. The standard InChI is InChI=1S/C28H31N3O3S2/c1-3-5-11-19(4-2)17-31-27(34)25(36-28(31)35)24-21-14-9-10-15-22(21)30(26(24)33)18-23(32)29-16-20-12-7-6-8-13-20/h6-10,12-15,19H,3-5,11,16-18H2,1-2H3,(H,29,32)/b25-24-/t19-/m0/s1. The van der Waals surface area contributed by atoms with Crippen molar-refractivity contribution in [3.8, 4) is 0 Å². The second-order valence-corrected chi connectivity index (χ2v) is 10.7. The summed E-state index contributed by atoms with van der Waals surface area (Å²) in [6, 6.07) is 16.9. The van der Waals surface area contributed by atoms with Gasteiger partial charge in [-0.05, 0) is 24.0 Å². The molecule has 2 aromatic rings. The van der Waals surface area contributed by atoms with Crippen LogP contribution < -0.4 is 10.2 Å². The number of para-hydroxylation sites is 1. The fraction of sp³-hybridized carbons (Fsp3) is 0.357. The average Bonchev–Trinajstić information content (AvgIpc) is 3.32. The molecule has 2 aromatic carbocycles. The highest BCUT2D eigenvalue weighted by Gasteiger charge is 2.42. The zero-order chi connectivity index (χ0) is 25.7. The zero-order valence-electron chi connectivity index (χ0n) is 20.7. The molecule has 1 atom stereocenters. The predicted octanol–water partition coefficient (Wildman–Crippen LogP) is 5.14. The Balaban J connectivity index is 1.55. The summed E-state index contributed by atoms with van der Waals surface area (Å²) >= 11 is 6.76. The van der Waals surface area contributed by atoms with Crippen molar-refractivity contribution in [1.82, 2.24) is 10.2 Å². The van der Waals surface area contributed by atoms with Crippen LogP contribution in [0.3, 0.4) is 0 Å². The number of nitrogens with one attached hydrogen (secondary N) is 1. The number of benzene rings is 2. The smallest absolute Gasteiger partial charge is 0.267 e. The Bertz CT molecular complexity index is 1200. The van der Waals surface area contributed by atoms with Crippen LogP contribution in [-0.4, -0.2) is 40.0 Å². The molecular formula is C28H31N3O3S2. The molecule has 0 bridgehead atoms. The van der Waals surface area contributed by atoms with Crippen molar-refractivity contribution in [2.75, 3.05) is 18.0 Å². The third-order valence-electron chi connectivity index (χ3n) is 6.62. The Hall–Kier alpha value is -2.97. The van der Waals surface area contributed by atoms with E-state index in [1.165, 1.54) is 16.7 Å². The van der Waals surface area contributed by atoms with Crippen LogP contribution >= 0.6 is 24.0 Å². The lowest BCUT2D eigenvalue weighted by Crippen LogP contribution is -2.38. The van der Waals surface area contributed by atoms with Crippen LogP contribution in [0, 0.1) is 5.92 Å². The van der Waals surface area contributed by atoms with Crippen molar-refractivity contribution < 1.29 is 14.4 Å². The number of thiocarbonyl (C=S) groups is 1. The average molecular weight is 522 g/mol. The number of nitrogens with zero attached hydrogens (tertiary/aromatic N) is 2. The van der Waals surface area contributed by atoms with Gasteiger partial charge in [0.15, 0.2) is 0 Å². The van der Waals surface area contributed by atoms with Gasteiger partial charge in [0.2, 0.25) is 5.91 Å². The summed E-state index contributed by atoms with van der Waals surface area (Å²) in [5, 5.41) is 2.88. The number of carbonyl (C=O) groups is 3. The number of anilines is 1. The molecule has 8 heteroatoms. The molecule has 2 heterocycles. The van der Waals surface area contributed by atoms with E-state index < -0.39 is 0 Å². The first kappa shape index (κ1) is 26.1. The van der Waals surface area contributed by atoms with Gasteiger partial charge < -0.3 is 5.32 Å². The Labute approximate surface area is 222 Å². The molecule has 2 aliphatic rings. The molecule has 0 aliphatic carbocycles. The number of carbonyl (C=O) groups excluding carboxylic acids is 3. The van der Waals surface area contributed by atoms with Gasteiger partial charge in [-0.15, -0.1) is 0 Å². The van der Waals surface area contributed by atoms with Crippen LogP contribution in [0.4, 0.5) is 5.69 Å². The van der Waals surface area contributed by atoms with Crippen LogP contribution in [0.2, 0.25) is 0 Å². The topological polar surface area (TPSA) is 69.7 Å². The summed E-state index contributed by atoms with van der Waals surface area (Å²) in [4.78, 5) is 43.3. The number of amides is 3. The van der Waals surface area contributed by atoms with Crippen molar-refractivity contribution >= 4 is 57.3 Å². The molecule has 0 saturated carbocycles. The maximum atomic E-state index is 13.6. The molecule has 3 amide bonds. The van der Waals surface area contributed by atoms with Crippen LogP contribution in [0.15, 0.2) is 59.5 Å². The van der Waals surface area contributed by atoms with Gasteiger partial charge in [0.1, 0.15) is 10.9 Å². The molecule has 2 aliphatic heterocycles. The highest BCUT2D eigenvalue weighted by molar-refractivity contribution is 8.26. The highest BCUT2D eigenvalue weighted by atomic mass is 32.2. The number of thioether (sulfide) groups is 1. The van der Waals surface area contributed by atoms with E-state index in [9.17, 15) is 14.4 Å². The van der Waals surface area contributed by atoms with E-state index in [0.29, 0.717) is 45.1 Å². The van der Waals surface area contributed by atoms with E-state index in [1.54, 1.807) is 4.90 Å². The first-order valence-corrected chi connectivity index (χ1v) is 13.7. The van der Waals surface area contributed by atoms with E-state index in [0.717, 1.165) is 31.2 Å². The monoisotopic (exact) mass is 521 g/mol. The molecular weight excluding hydrogens is 490 g/mol. The Morgan fingerprint density at radius 2 is 1.72 bits per heavy atom. The minimum absolute atomic E-state index is 0.124. The second-order valence-electron chi connectivity index (χ2n) is 9.08. The van der Waals surface area contributed by atoms with Gasteiger partial charge in [0, 0.05) is 18.7 Å². The van der Waals surface area contributed by atoms with Crippen LogP contribution in [-0.2, 0) is 20.9 Å². The summed E-state index contributed by atoms with van der Waals surface area (Å²) < 4.78 is 0.488.